The topological polar surface area (TPSA) is 53.9 Å². The summed E-state index contributed by atoms with van der Waals surface area (Å²) in [6, 6.07) is 17.3. The first-order valence-corrected chi connectivity index (χ1v) is 9.60. The Hall–Kier alpha value is -2.44. The van der Waals surface area contributed by atoms with Crippen LogP contribution in [-0.4, -0.2) is 32.1 Å². The van der Waals surface area contributed by atoms with E-state index >= 15 is 0 Å². The van der Waals surface area contributed by atoms with Crippen LogP contribution in [0.4, 0.5) is 0 Å². The Morgan fingerprint density at radius 3 is 2.56 bits per heavy atom. The molecule has 3 aromatic rings. The van der Waals surface area contributed by atoms with Crippen LogP contribution < -0.4 is 0 Å². The van der Waals surface area contributed by atoms with Gasteiger partial charge in [0.2, 0.25) is 5.91 Å². The first-order valence-electron chi connectivity index (χ1n) is 8.81. The van der Waals surface area contributed by atoms with Gasteiger partial charge in [0.05, 0.1) is 0 Å². The van der Waals surface area contributed by atoms with Gasteiger partial charge in [-0.1, -0.05) is 48.9 Å². The Morgan fingerprint density at radius 2 is 1.89 bits per heavy atom. The number of rotatable bonds is 7. The van der Waals surface area contributed by atoms with Gasteiger partial charge in [0, 0.05) is 23.7 Å². The highest BCUT2D eigenvalue weighted by atomic mass is 35.5. The minimum absolute atomic E-state index is 0.00779. The third-order valence-electron chi connectivity index (χ3n) is 4.22. The molecule has 0 fully saturated rings. The molecule has 1 amide bonds. The van der Waals surface area contributed by atoms with Crippen molar-refractivity contribution in [3.8, 4) is 11.4 Å². The summed E-state index contributed by atoms with van der Waals surface area (Å²) in [6.07, 6.45) is 0.888. The van der Waals surface area contributed by atoms with E-state index in [4.69, 9.17) is 23.8 Å². The fourth-order valence-electron chi connectivity index (χ4n) is 2.88. The Morgan fingerprint density at radius 1 is 1.19 bits per heavy atom. The molecule has 0 atom stereocenters. The highest BCUT2D eigenvalue weighted by Gasteiger charge is 2.17. The number of hydrogen-bond donors (Lipinski definition) is 1. The number of halogens is 1. The number of carbonyl (C=O) groups is 1. The predicted molar refractivity (Wildman–Crippen MR) is 110 cm³/mol. The number of nitrogens with one attached hydrogen (secondary N) is 1. The molecule has 1 aromatic heterocycles. The van der Waals surface area contributed by atoms with E-state index in [1.165, 1.54) is 0 Å². The van der Waals surface area contributed by atoms with Crippen molar-refractivity contribution >= 4 is 29.7 Å². The van der Waals surface area contributed by atoms with Crippen LogP contribution in [-0.2, 0) is 17.9 Å². The molecule has 0 radical (unpaired) electrons. The van der Waals surface area contributed by atoms with Gasteiger partial charge in [0.25, 0.3) is 0 Å². The Labute approximate surface area is 168 Å². The van der Waals surface area contributed by atoms with Crippen LogP contribution >= 0.6 is 23.8 Å². The fourth-order valence-corrected chi connectivity index (χ4v) is 3.21. The summed E-state index contributed by atoms with van der Waals surface area (Å²) in [7, 11) is 0. The second kappa shape index (κ2) is 8.97. The monoisotopic (exact) mass is 400 g/mol. The number of H-pyrrole nitrogens is 1. The van der Waals surface area contributed by atoms with Crippen LogP contribution in [0.25, 0.3) is 11.4 Å². The molecule has 0 spiro atoms. The normalized spacial score (nSPS) is 10.7. The van der Waals surface area contributed by atoms with Gasteiger partial charge in [0.1, 0.15) is 6.54 Å². The van der Waals surface area contributed by atoms with Crippen LogP contribution in [0.3, 0.4) is 0 Å². The molecule has 1 heterocycles. The van der Waals surface area contributed by atoms with Crippen molar-refractivity contribution in [2.45, 2.75) is 26.4 Å². The molecular weight excluding hydrogens is 380 g/mol. The maximum atomic E-state index is 13.0. The van der Waals surface area contributed by atoms with Crippen molar-refractivity contribution in [1.29, 1.82) is 0 Å². The highest BCUT2D eigenvalue weighted by molar-refractivity contribution is 7.71. The van der Waals surface area contributed by atoms with Gasteiger partial charge in [-0.2, -0.15) is 5.10 Å². The molecule has 140 valence electrons. The largest absolute Gasteiger partial charge is 0.337 e. The van der Waals surface area contributed by atoms with E-state index in [9.17, 15) is 4.79 Å². The molecule has 2 aromatic carbocycles. The second-order valence-corrected chi connectivity index (χ2v) is 7.07. The molecule has 0 aliphatic carbocycles. The van der Waals surface area contributed by atoms with Crippen LogP contribution in [0.2, 0.25) is 5.02 Å². The Bertz CT molecular complexity index is 950. The van der Waals surface area contributed by atoms with Crippen molar-refractivity contribution < 1.29 is 4.79 Å². The summed E-state index contributed by atoms with van der Waals surface area (Å²) < 4.78 is 2.15. The standard InChI is InChI=1S/C20H21ClN4OS/c1-2-12-24(13-15-6-4-3-5-7-15)18(26)14-25-19(22-23-20(25)27)16-8-10-17(21)11-9-16/h3-11H,2,12-14H2,1H3,(H,23,27). The highest BCUT2D eigenvalue weighted by Crippen LogP contribution is 2.20. The van der Waals surface area contributed by atoms with Crippen molar-refractivity contribution in [2.24, 2.45) is 0 Å². The minimum atomic E-state index is 0.00779. The number of carbonyl (C=O) groups excluding carboxylic acids is 1. The lowest BCUT2D eigenvalue weighted by atomic mass is 10.2. The van der Waals surface area contributed by atoms with Gasteiger partial charge < -0.3 is 4.90 Å². The average molecular weight is 401 g/mol. The van der Waals surface area contributed by atoms with E-state index in [1.807, 2.05) is 47.4 Å². The van der Waals surface area contributed by atoms with Crippen LogP contribution in [0.1, 0.15) is 18.9 Å². The molecule has 0 bridgehead atoms. The molecule has 27 heavy (non-hydrogen) atoms. The Balaban J connectivity index is 1.82. The zero-order valence-electron chi connectivity index (χ0n) is 15.1. The van der Waals surface area contributed by atoms with Crippen molar-refractivity contribution in [1.82, 2.24) is 19.7 Å². The van der Waals surface area contributed by atoms with Crippen molar-refractivity contribution in [3.05, 3.63) is 70.0 Å². The van der Waals surface area contributed by atoms with Gasteiger partial charge in [-0.05, 0) is 48.5 Å². The Kier molecular flexibility index (Phi) is 6.42. The van der Waals surface area contributed by atoms with Gasteiger partial charge in [-0.25, -0.2) is 0 Å². The molecule has 1 N–H and O–H groups in total. The van der Waals surface area contributed by atoms with Crippen LogP contribution in [0, 0.1) is 4.77 Å². The first kappa shape index (κ1) is 19.3. The second-order valence-electron chi connectivity index (χ2n) is 6.25. The molecule has 0 saturated heterocycles. The molecule has 0 unspecified atom stereocenters. The summed E-state index contributed by atoms with van der Waals surface area (Å²) in [5.74, 6) is 0.634. The number of hydrogen-bond acceptors (Lipinski definition) is 3. The predicted octanol–water partition coefficient (Wildman–Crippen LogP) is 4.70. The van der Waals surface area contributed by atoms with E-state index in [0.29, 0.717) is 28.7 Å². The zero-order chi connectivity index (χ0) is 19.2. The summed E-state index contributed by atoms with van der Waals surface area (Å²) in [4.78, 5) is 14.8. The summed E-state index contributed by atoms with van der Waals surface area (Å²) in [5.41, 5.74) is 1.96. The van der Waals surface area contributed by atoms with Crippen molar-refractivity contribution in [2.75, 3.05) is 6.54 Å². The quantitative estimate of drug-likeness (QED) is 0.585. The van der Waals surface area contributed by atoms with Gasteiger partial charge in [-0.3, -0.25) is 14.5 Å². The van der Waals surface area contributed by atoms with Gasteiger partial charge >= 0.3 is 0 Å². The van der Waals surface area contributed by atoms with Gasteiger partial charge in [0.15, 0.2) is 10.6 Å². The average Bonchev–Trinajstić information content (AvgIpc) is 3.03. The van der Waals surface area contributed by atoms with E-state index in [2.05, 4.69) is 17.1 Å². The first-order chi connectivity index (χ1) is 13.1. The maximum Gasteiger partial charge on any atom is 0.242 e. The summed E-state index contributed by atoms with van der Waals surface area (Å²) in [5, 5.41) is 7.72. The van der Waals surface area contributed by atoms with Crippen LogP contribution in [0.15, 0.2) is 54.6 Å². The number of amides is 1. The molecule has 0 aliphatic rings. The van der Waals surface area contributed by atoms with Gasteiger partial charge in [-0.15, -0.1) is 0 Å². The van der Waals surface area contributed by atoms with Crippen LogP contribution in [0.5, 0.6) is 0 Å². The van der Waals surface area contributed by atoms with E-state index < -0.39 is 0 Å². The van der Waals surface area contributed by atoms with E-state index in [1.54, 1.807) is 16.7 Å². The maximum absolute atomic E-state index is 13.0. The molecular formula is C20H21ClN4OS. The number of aromatic nitrogens is 3. The van der Waals surface area contributed by atoms with Crippen molar-refractivity contribution in [3.63, 3.8) is 0 Å². The number of aromatic amines is 1. The molecule has 5 nitrogen and oxygen atoms in total. The molecule has 3 rings (SSSR count). The van der Waals surface area contributed by atoms with E-state index in [-0.39, 0.29) is 12.5 Å². The van der Waals surface area contributed by atoms with E-state index in [0.717, 1.165) is 17.5 Å². The third-order valence-corrected chi connectivity index (χ3v) is 4.78. The molecule has 0 saturated carbocycles. The lowest BCUT2D eigenvalue weighted by molar-refractivity contribution is -0.132. The number of benzene rings is 2. The molecule has 0 aliphatic heterocycles. The zero-order valence-corrected chi connectivity index (χ0v) is 16.6. The third kappa shape index (κ3) is 4.84. The lowest BCUT2D eigenvalue weighted by Gasteiger charge is -2.23. The SMILES string of the molecule is CCCN(Cc1ccccc1)C(=O)Cn1c(-c2ccc(Cl)cc2)n[nH]c1=S. The lowest BCUT2D eigenvalue weighted by Crippen LogP contribution is -2.34. The summed E-state index contributed by atoms with van der Waals surface area (Å²) >= 11 is 11.3. The summed E-state index contributed by atoms with van der Waals surface area (Å²) in [6.45, 7) is 3.47. The molecule has 7 heteroatoms. The fraction of sp³-hybridized carbons (Fsp3) is 0.250. The minimum Gasteiger partial charge on any atom is -0.337 e. The smallest absolute Gasteiger partial charge is 0.242 e. The number of nitrogens with zero attached hydrogens (tertiary/aromatic N) is 3.